The van der Waals surface area contributed by atoms with Crippen LogP contribution in [0.1, 0.15) is 28.8 Å². The van der Waals surface area contributed by atoms with Gasteiger partial charge in [-0.25, -0.2) is 4.98 Å². The van der Waals surface area contributed by atoms with Gasteiger partial charge in [0.15, 0.2) is 0 Å². The van der Waals surface area contributed by atoms with Crippen LogP contribution in [0, 0.1) is 0 Å². The van der Waals surface area contributed by atoms with E-state index in [1.54, 1.807) is 0 Å². The summed E-state index contributed by atoms with van der Waals surface area (Å²) in [6.45, 7) is 0. The van der Waals surface area contributed by atoms with E-state index in [-0.39, 0.29) is 12.3 Å². The highest BCUT2D eigenvalue weighted by molar-refractivity contribution is 5.73. The Balaban J connectivity index is 1.97. The zero-order valence-corrected chi connectivity index (χ0v) is 16.1. The monoisotopic (exact) mass is 381 g/mol. The van der Waals surface area contributed by atoms with Crippen molar-refractivity contribution in [2.24, 2.45) is 5.73 Å². The van der Waals surface area contributed by atoms with Gasteiger partial charge in [0, 0.05) is 12.6 Å². The maximum Gasteiger partial charge on any atom is 0.217 e. The lowest BCUT2D eigenvalue weighted by Gasteiger charge is -2.37. The molecule has 29 heavy (non-hydrogen) atoms. The third-order valence-electron chi connectivity index (χ3n) is 5.23. The lowest BCUT2D eigenvalue weighted by Crippen LogP contribution is -2.36. The minimum atomic E-state index is -0.582. The van der Waals surface area contributed by atoms with Gasteiger partial charge in [-0.2, -0.15) is 0 Å². The first-order valence-electron chi connectivity index (χ1n) is 9.69. The molecule has 0 bridgehead atoms. The van der Waals surface area contributed by atoms with Gasteiger partial charge >= 0.3 is 0 Å². The minimum Gasteiger partial charge on any atom is -0.370 e. The molecule has 0 atom stereocenters. The maximum absolute atomic E-state index is 11.2. The Morgan fingerprint density at radius 3 is 1.66 bits per heavy atom. The van der Waals surface area contributed by atoms with Crippen molar-refractivity contribution in [2.75, 3.05) is 0 Å². The maximum atomic E-state index is 11.2. The first kappa shape index (κ1) is 18.7. The number of carbonyl (C=O) groups excluding carboxylic acids is 1. The second kappa shape index (κ2) is 8.15. The summed E-state index contributed by atoms with van der Waals surface area (Å²) in [6.07, 6.45) is 4.68. The fraction of sp³-hybridized carbons (Fsp3) is 0.120. The molecule has 1 heterocycles. The third kappa shape index (κ3) is 3.57. The Kier molecular flexibility index (Phi) is 5.25. The SMILES string of the molecule is NC(=O)CCc1cn(C(c2ccccc2)(c2ccccc2)c2ccccc2)cn1. The predicted molar refractivity (Wildman–Crippen MR) is 114 cm³/mol. The van der Waals surface area contributed by atoms with E-state index in [2.05, 4.69) is 82.3 Å². The van der Waals surface area contributed by atoms with Gasteiger partial charge in [0.25, 0.3) is 0 Å². The van der Waals surface area contributed by atoms with Gasteiger partial charge in [0.05, 0.1) is 12.0 Å². The molecule has 2 N–H and O–H groups in total. The number of benzene rings is 3. The van der Waals surface area contributed by atoms with Crippen LogP contribution in [0.4, 0.5) is 0 Å². The molecule has 4 heteroatoms. The molecule has 144 valence electrons. The van der Waals surface area contributed by atoms with E-state index in [9.17, 15) is 4.79 Å². The molecule has 0 fully saturated rings. The Morgan fingerprint density at radius 1 is 0.793 bits per heavy atom. The quantitative estimate of drug-likeness (QED) is 0.489. The van der Waals surface area contributed by atoms with Crippen molar-refractivity contribution in [2.45, 2.75) is 18.4 Å². The van der Waals surface area contributed by atoms with E-state index in [4.69, 9.17) is 5.73 Å². The number of nitrogens with two attached hydrogens (primary N) is 1. The summed E-state index contributed by atoms with van der Waals surface area (Å²) in [4.78, 5) is 15.8. The first-order valence-corrected chi connectivity index (χ1v) is 9.69. The number of hydrogen-bond donors (Lipinski definition) is 1. The van der Waals surface area contributed by atoms with Gasteiger partial charge in [-0.3, -0.25) is 4.79 Å². The average molecular weight is 381 g/mol. The van der Waals surface area contributed by atoms with Crippen LogP contribution in [0.5, 0.6) is 0 Å². The standard InChI is InChI=1S/C25H23N3O/c26-24(29)17-16-23-18-28(19-27-23)25(20-10-4-1-5-11-20,21-12-6-2-7-13-21)22-14-8-3-9-15-22/h1-15,18-19H,16-17H2,(H2,26,29). The number of hydrogen-bond acceptors (Lipinski definition) is 2. The van der Waals surface area contributed by atoms with Crippen LogP contribution < -0.4 is 5.73 Å². The summed E-state index contributed by atoms with van der Waals surface area (Å²) in [5, 5.41) is 0. The Labute approximate surface area is 170 Å². The van der Waals surface area contributed by atoms with E-state index in [1.165, 1.54) is 0 Å². The molecule has 0 unspecified atom stereocenters. The molecule has 0 aliphatic carbocycles. The molecule has 0 radical (unpaired) electrons. The van der Waals surface area contributed by atoms with Gasteiger partial charge in [-0.1, -0.05) is 91.0 Å². The number of imidazole rings is 1. The molecular weight excluding hydrogens is 358 g/mol. The van der Waals surface area contributed by atoms with E-state index in [1.807, 2.05) is 30.7 Å². The highest BCUT2D eigenvalue weighted by Gasteiger charge is 2.38. The van der Waals surface area contributed by atoms with E-state index < -0.39 is 5.54 Å². The molecule has 0 aliphatic heterocycles. The van der Waals surface area contributed by atoms with Crippen LogP contribution in [-0.4, -0.2) is 15.5 Å². The van der Waals surface area contributed by atoms with Crippen molar-refractivity contribution in [1.82, 2.24) is 9.55 Å². The van der Waals surface area contributed by atoms with Gasteiger partial charge in [0.2, 0.25) is 5.91 Å². The summed E-state index contributed by atoms with van der Waals surface area (Å²) in [7, 11) is 0. The van der Waals surface area contributed by atoms with Crippen molar-refractivity contribution in [3.05, 3.63) is 126 Å². The Hall–Kier alpha value is -3.66. The molecule has 4 rings (SSSR count). The van der Waals surface area contributed by atoms with Gasteiger partial charge in [0.1, 0.15) is 5.54 Å². The molecule has 4 aromatic rings. The molecule has 3 aromatic carbocycles. The number of aromatic nitrogens is 2. The summed E-state index contributed by atoms with van der Waals surface area (Å²) >= 11 is 0. The fourth-order valence-corrected chi connectivity index (χ4v) is 3.91. The smallest absolute Gasteiger partial charge is 0.217 e. The topological polar surface area (TPSA) is 60.9 Å². The lowest BCUT2D eigenvalue weighted by atomic mass is 9.77. The van der Waals surface area contributed by atoms with Crippen LogP contribution in [0.25, 0.3) is 0 Å². The van der Waals surface area contributed by atoms with Crippen molar-refractivity contribution in [1.29, 1.82) is 0 Å². The van der Waals surface area contributed by atoms with Gasteiger partial charge in [-0.15, -0.1) is 0 Å². The highest BCUT2D eigenvalue weighted by Crippen LogP contribution is 2.40. The predicted octanol–water partition coefficient (Wildman–Crippen LogP) is 4.14. The Morgan fingerprint density at radius 2 is 1.24 bits per heavy atom. The molecule has 0 spiro atoms. The number of carbonyl (C=O) groups is 1. The first-order chi connectivity index (χ1) is 14.2. The zero-order valence-electron chi connectivity index (χ0n) is 16.1. The average Bonchev–Trinajstić information content (AvgIpc) is 3.24. The molecule has 0 saturated heterocycles. The highest BCUT2D eigenvalue weighted by atomic mass is 16.1. The number of primary amides is 1. The number of aryl methyl sites for hydroxylation is 1. The summed E-state index contributed by atoms with van der Waals surface area (Å²) in [5.74, 6) is -0.319. The molecule has 4 nitrogen and oxygen atoms in total. The molecule has 0 aliphatic rings. The van der Waals surface area contributed by atoms with Crippen molar-refractivity contribution >= 4 is 5.91 Å². The largest absolute Gasteiger partial charge is 0.370 e. The minimum absolute atomic E-state index is 0.284. The van der Waals surface area contributed by atoms with Crippen LogP contribution in [0.15, 0.2) is 104 Å². The van der Waals surface area contributed by atoms with Crippen molar-refractivity contribution in [3.63, 3.8) is 0 Å². The van der Waals surface area contributed by atoms with E-state index in [0.717, 1.165) is 22.4 Å². The lowest BCUT2D eigenvalue weighted by molar-refractivity contribution is -0.118. The molecule has 1 amide bonds. The number of rotatable bonds is 7. The van der Waals surface area contributed by atoms with Gasteiger partial charge in [-0.05, 0) is 23.1 Å². The summed E-state index contributed by atoms with van der Waals surface area (Å²) < 4.78 is 2.14. The number of amides is 1. The van der Waals surface area contributed by atoms with E-state index in [0.29, 0.717) is 6.42 Å². The Bertz CT molecular complexity index is 976. The molecule has 1 aromatic heterocycles. The summed E-state index contributed by atoms with van der Waals surface area (Å²) in [5.41, 5.74) is 9.00. The van der Waals surface area contributed by atoms with E-state index >= 15 is 0 Å². The van der Waals surface area contributed by atoms with Crippen LogP contribution in [-0.2, 0) is 16.8 Å². The van der Waals surface area contributed by atoms with Gasteiger partial charge < -0.3 is 10.3 Å². The van der Waals surface area contributed by atoms with Crippen LogP contribution in [0.3, 0.4) is 0 Å². The molecule has 0 saturated carbocycles. The second-order valence-electron chi connectivity index (χ2n) is 7.05. The molecular formula is C25H23N3O. The summed E-state index contributed by atoms with van der Waals surface area (Å²) in [6, 6.07) is 31.3. The van der Waals surface area contributed by atoms with Crippen LogP contribution >= 0.6 is 0 Å². The zero-order chi connectivity index (χ0) is 20.1. The second-order valence-corrected chi connectivity index (χ2v) is 7.05. The third-order valence-corrected chi connectivity index (χ3v) is 5.23. The normalized spacial score (nSPS) is 11.3. The van der Waals surface area contributed by atoms with Crippen molar-refractivity contribution < 1.29 is 4.79 Å². The van der Waals surface area contributed by atoms with Crippen LogP contribution in [0.2, 0.25) is 0 Å². The number of nitrogens with zero attached hydrogens (tertiary/aromatic N) is 2. The fourth-order valence-electron chi connectivity index (χ4n) is 3.91. The van der Waals surface area contributed by atoms with Crippen molar-refractivity contribution in [3.8, 4) is 0 Å².